The predicted molar refractivity (Wildman–Crippen MR) is 339 cm³/mol. The van der Waals surface area contributed by atoms with Gasteiger partial charge in [-0.3, -0.25) is 9.59 Å². The molecule has 0 aromatic carbocycles. The van der Waals surface area contributed by atoms with E-state index in [1.807, 2.05) is 0 Å². The SMILES string of the molecule is CC1[C@H](C)OC(=O)C[C@H](O)C[C@H](O)CC[C@@H](O)[C@H](O)C[C@H](O)C[C@]2(O)C[C@H](O)C(C(=O)NCC(O)C(O)C(O)C(O)CO)C(C[C@@H](OC3O[C@H](C)[C@@H](O)[C@H](NC[C@@]4(O)OC[C@@H](O)[C@@H](OC5O[C@H](CO)[C@@H](O)[C@H](O)[C@H]5O)[C@@H]4O)[C@@H]3O)C=CC=CC=CC=CC=CC=CC=C[C@H](C)[C@H]1O)O2. The van der Waals surface area contributed by atoms with Crippen LogP contribution in [0.15, 0.2) is 85.1 Å². The number of allylic oxidation sites excluding steroid dienone is 12. The summed E-state index contributed by atoms with van der Waals surface area (Å²) >= 11 is 0. The maximum atomic E-state index is 14.3. The third-order valence-corrected chi connectivity index (χ3v) is 18.2. The number of aliphatic hydroxyl groups is 22. The minimum Gasteiger partial charge on any atom is -0.462 e. The fourth-order valence-electron chi connectivity index (χ4n) is 12.0. The van der Waals surface area contributed by atoms with Crippen molar-refractivity contribution in [1.82, 2.24) is 10.6 Å². The lowest BCUT2D eigenvalue weighted by atomic mass is 9.82. The average molecular weight is 1410 g/mol. The summed E-state index contributed by atoms with van der Waals surface area (Å²) in [5, 5.41) is 244. The van der Waals surface area contributed by atoms with Crippen LogP contribution in [0.2, 0.25) is 0 Å². The molecule has 0 saturated carbocycles. The summed E-state index contributed by atoms with van der Waals surface area (Å²) in [6.07, 6.45) is -25.4. The Morgan fingerprint density at radius 1 is 0.602 bits per heavy atom. The quantitative estimate of drug-likeness (QED) is 0.0677. The predicted octanol–water partition coefficient (Wildman–Crippen LogP) is -7.56. The molecule has 24 N–H and O–H groups in total. The van der Waals surface area contributed by atoms with E-state index < -0.39 is 265 Å². The molecule has 0 aromatic rings. The van der Waals surface area contributed by atoms with Crippen molar-refractivity contribution in [3.8, 4) is 0 Å². The third-order valence-electron chi connectivity index (χ3n) is 18.2. The molecule has 32 atom stereocenters. The molecule has 5 rings (SSSR count). The fraction of sp³-hybridized carbons (Fsp3) is 0.754. The number of hydrogen-bond acceptors (Lipinski definition) is 32. The first-order valence-corrected chi connectivity index (χ1v) is 32.9. The molecule has 0 spiro atoms. The monoisotopic (exact) mass is 1410 g/mol. The van der Waals surface area contributed by atoms with Gasteiger partial charge in [-0.1, -0.05) is 98.9 Å². The van der Waals surface area contributed by atoms with Crippen LogP contribution < -0.4 is 10.6 Å². The molecule has 1 amide bonds. The van der Waals surface area contributed by atoms with Crippen molar-refractivity contribution < 1.29 is 155 Å². The molecular weight excluding hydrogens is 1300 g/mol. The molecule has 0 aromatic heterocycles. The lowest BCUT2D eigenvalue weighted by Gasteiger charge is -2.48. The molecule has 33 nitrogen and oxygen atoms in total. The van der Waals surface area contributed by atoms with Crippen LogP contribution in [0.5, 0.6) is 0 Å². The fourth-order valence-corrected chi connectivity index (χ4v) is 12.0. The molecule has 4 saturated heterocycles. The lowest BCUT2D eigenvalue weighted by molar-refractivity contribution is -0.368. The second-order valence-electron chi connectivity index (χ2n) is 26.1. The van der Waals surface area contributed by atoms with Gasteiger partial charge in [-0.2, -0.15) is 0 Å². The smallest absolute Gasteiger partial charge is 0.308 e. The van der Waals surface area contributed by atoms with E-state index >= 15 is 0 Å². The summed E-state index contributed by atoms with van der Waals surface area (Å²) in [5.41, 5.74) is 0. The molecule has 98 heavy (non-hydrogen) atoms. The van der Waals surface area contributed by atoms with Gasteiger partial charge in [0, 0.05) is 44.1 Å². The molecule has 5 aliphatic heterocycles. The first-order chi connectivity index (χ1) is 46.1. The van der Waals surface area contributed by atoms with Gasteiger partial charge in [-0.05, 0) is 33.1 Å². The molecule has 4 fully saturated rings. The lowest BCUT2D eigenvalue weighted by Crippen LogP contribution is -2.70. The third kappa shape index (κ3) is 24.6. The highest BCUT2D eigenvalue weighted by Gasteiger charge is 2.55. The Balaban J connectivity index is 1.46. The first kappa shape index (κ1) is 84.6. The second kappa shape index (κ2) is 40.1. The van der Waals surface area contributed by atoms with Gasteiger partial charge in [0.1, 0.15) is 73.2 Å². The molecule has 5 aliphatic rings. The van der Waals surface area contributed by atoms with Gasteiger partial charge in [0.2, 0.25) is 11.7 Å². The van der Waals surface area contributed by atoms with Crippen LogP contribution >= 0.6 is 0 Å². The number of carbonyl (C=O) groups is 2. The van der Waals surface area contributed by atoms with Gasteiger partial charge in [0.25, 0.3) is 0 Å². The van der Waals surface area contributed by atoms with Crippen LogP contribution in [0.3, 0.4) is 0 Å². The summed E-state index contributed by atoms with van der Waals surface area (Å²) in [5.74, 6) is -9.89. The van der Waals surface area contributed by atoms with E-state index in [1.165, 1.54) is 25.2 Å². The summed E-state index contributed by atoms with van der Waals surface area (Å²) < 4.78 is 40.4. The van der Waals surface area contributed by atoms with Gasteiger partial charge >= 0.3 is 5.97 Å². The van der Waals surface area contributed by atoms with Crippen molar-refractivity contribution >= 4 is 11.9 Å². The Hall–Kier alpha value is -4.04. The summed E-state index contributed by atoms with van der Waals surface area (Å²) in [4.78, 5) is 27.1. The number of rotatable bonds is 15. The summed E-state index contributed by atoms with van der Waals surface area (Å²) in [6.45, 7) is 2.12. The average Bonchev–Trinajstić information content (AvgIpc) is 0.791. The molecule has 0 aliphatic carbocycles. The molecule has 5 heterocycles. The van der Waals surface area contributed by atoms with Gasteiger partial charge in [0.15, 0.2) is 18.4 Å². The van der Waals surface area contributed by atoms with Crippen LogP contribution in [-0.4, -0.2) is 334 Å². The molecule has 33 heteroatoms. The van der Waals surface area contributed by atoms with E-state index in [9.17, 15) is 122 Å². The highest BCUT2D eigenvalue weighted by atomic mass is 16.7. The number of carbonyl (C=O) groups excluding carboxylic acids is 2. The van der Waals surface area contributed by atoms with Crippen LogP contribution in [0.1, 0.15) is 79.1 Å². The number of hydrogen-bond donors (Lipinski definition) is 24. The molecule has 0 radical (unpaired) electrons. The van der Waals surface area contributed by atoms with E-state index in [4.69, 9.17) is 33.2 Å². The number of fused-ring (bicyclic) bond motifs is 2. The summed E-state index contributed by atoms with van der Waals surface area (Å²) in [7, 11) is 0. The number of ether oxygens (including phenoxy) is 7. The maximum Gasteiger partial charge on any atom is 0.308 e. The zero-order chi connectivity index (χ0) is 72.9. The zero-order valence-electron chi connectivity index (χ0n) is 55.1. The van der Waals surface area contributed by atoms with Crippen molar-refractivity contribution in [2.45, 2.75) is 256 Å². The Bertz CT molecular complexity index is 2600. The van der Waals surface area contributed by atoms with Crippen molar-refractivity contribution in [2.75, 3.05) is 32.9 Å². The largest absolute Gasteiger partial charge is 0.462 e. The maximum absolute atomic E-state index is 14.3. The van der Waals surface area contributed by atoms with E-state index in [1.54, 1.807) is 87.6 Å². The van der Waals surface area contributed by atoms with Gasteiger partial charge in [-0.25, -0.2) is 0 Å². The topological polar surface area (TPSA) is 568 Å². The highest BCUT2D eigenvalue weighted by molar-refractivity contribution is 5.80. The van der Waals surface area contributed by atoms with Crippen molar-refractivity contribution in [3.63, 3.8) is 0 Å². The molecule has 2 bridgehead atoms. The van der Waals surface area contributed by atoms with Crippen LogP contribution in [-0.2, 0) is 42.7 Å². The van der Waals surface area contributed by atoms with Gasteiger partial charge in [0.05, 0.1) is 118 Å². The summed E-state index contributed by atoms with van der Waals surface area (Å²) in [6, 6.07) is -1.56. The van der Waals surface area contributed by atoms with E-state index in [0.29, 0.717) is 0 Å². The number of cyclic esters (lactones) is 1. The van der Waals surface area contributed by atoms with Gasteiger partial charge < -0.3 is 156 Å². The van der Waals surface area contributed by atoms with E-state index in [2.05, 4.69) is 10.6 Å². The number of esters is 1. The van der Waals surface area contributed by atoms with E-state index in [0.717, 1.165) is 0 Å². The van der Waals surface area contributed by atoms with Crippen LogP contribution in [0, 0.1) is 17.8 Å². The standard InChI is InChI=1S/C65H106N2O31/c1-32-17-15-13-11-9-7-5-6-8-10-12-14-16-18-39(95-62-56(85)50(52(81)35(4)94-62)67-31-65(91)60(88)59(45(78)30-92-65)97-63-58(87)57(86)55(84)47(29-69)96-63)24-46-49(61(89)66-27-43(76)53(82)54(83)44(77)28-68)42(75)26-64(90,98-46)25-38(72)22-41(74)40(73)20-19-36(70)21-37(71)23-48(79)93-34(3)33(2)51(32)80/h5-18,32-47,49-60,62-63,67-78,80-88,90-91H,19-31H2,1-4H3,(H,66,89)/t32-,33?,34-,35+,36+,37+,38-,39-,40+,41+,42-,43?,44?,45+,46?,47+,49?,50-,51+,52+,53?,54?,55+,56-,57-,58+,59+,60-,62?,63?,64+,65+/m0/s1. The minimum atomic E-state index is -2.74. The molecule has 9 unspecified atom stereocenters. The second-order valence-corrected chi connectivity index (χ2v) is 26.1. The van der Waals surface area contributed by atoms with E-state index in [-0.39, 0.29) is 25.2 Å². The Labute approximate surface area is 567 Å². The number of aliphatic hydroxyl groups excluding tert-OH is 20. The molecule has 562 valence electrons. The Morgan fingerprint density at radius 2 is 1.19 bits per heavy atom. The van der Waals surface area contributed by atoms with Gasteiger partial charge in [-0.15, -0.1) is 0 Å². The Morgan fingerprint density at radius 3 is 1.81 bits per heavy atom. The Kier molecular flexibility index (Phi) is 34.6. The highest BCUT2D eigenvalue weighted by Crippen LogP contribution is 2.39. The van der Waals surface area contributed by atoms with Crippen molar-refractivity contribution in [2.24, 2.45) is 17.8 Å². The normalized spacial score (nSPS) is 42.7. The molecular formula is C65H106N2O31. The zero-order valence-corrected chi connectivity index (χ0v) is 55.1. The minimum absolute atomic E-state index is 0.215. The number of amides is 1. The first-order valence-electron chi connectivity index (χ1n) is 32.9. The van der Waals surface area contributed by atoms with Crippen LogP contribution in [0.25, 0.3) is 0 Å². The van der Waals surface area contributed by atoms with Crippen LogP contribution in [0.4, 0.5) is 0 Å². The number of nitrogens with one attached hydrogen (secondary N) is 2. The van der Waals surface area contributed by atoms with Crippen molar-refractivity contribution in [1.29, 1.82) is 0 Å². The van der Waals surface area contributed by atoms with Crippen molar-refractivity contribution in [3.05, 3.63) is 85.1 Å².